The average Bonchev–Trinajstić information content (AvgIpc) is 3.36. The van der Waals surface area contributed by atoms with E-state index in [0.29, 0.717) is 21.5 Å². The molecule has 0 aliphatic carbocycles. The summed E-state index contributed by atoms with van der Waals surface area (Å²) in [5.74, 6) is 1.47. The number of halogens is 1. The van der Waals surface area contributed by atoms with E-state index in [0.717, 1.165) is 29.2 Å². The predicted octanol–water partition coefficient (Wildman–Crippen LogP) is 3.16. The van der Waals surface area contributed by atoms with Gasteiger partial charge in [-0.05, 0) is 35.9 Å². The van der Waals surface area contributed by atoms with Crippen molar-refractivity contribution >= 4 is 57.9 Å². The van der Waals surface area contributed by atoms with E-state index in [1.165, 1.54) is 11.3 Å². The number of carbonyl (C=O) groups excluding carboxylic acids is 2. The molecule has 2 N–H and O–H groups in total. The number of benzene rings is 1. The van der Waals surface area contributed by atoms with E-state index in [4.69, 9.17) is 16.4 Å². The van der Waals surface area contributed by atoms with Gasteiger partial charge in [0, 0.05) is 18.0 Å². The first-order chi connectivity index (χ1) is 13.6. The number of hydrogen-bond acceptors (Lipinski definition) is 6. The fraction of sp³-hybridized carbons (Fsp3) is 0.263. The maximum atomic E-state index is 12.1. The Morgan fingerprint density at radius 3 is 2.82 bits per heavy atom. The minimum absolute atomic E-state index is 0.147. The highest BCUT2D eigenvalue weighted by atomic mass is 35.5. The first-order valence-corrected chi connectivity index (χ1v) is 11.1. The number of thiophene rings is 1. The Balaban J connectivity index is 1.36. The molecule has 1 aromatic carbocycles. The van der Waals surface area contributed by atoms with Crippen molar-refractivity contribution in [3.63, 3.8) is 0 Å². The molecule has 1 saturated heterocycles. The van der Waals surface area contributed by atoms with E-state index in [9.17, 15) is 9.59 Å². The van der Waals surface area contributed by atoms with Gasteiger partial charge in [0.25, 0.3) is 5.91 Å². The average molecular weight is 436 g/mol. The fourth-order valence-electron chi connectivity index (χ4n) is 2.98. The van der Waals surface area contributed by atoms with Gasteiger partial charge in [0.05, 0.1) is 27.2 Å². The quantitative estimate of drug-likeness (QED) is 0.754. The number of carbonyl (C=O) groups is 2. The molecule has 146 valence electrons. The molecule has 2 amide bonds. The van der Waals surface area contributed by atoms with Crippen molar-refractivity contribution in [3.05, 3.63) is 57.3 Å². The van der Waals surface area contributed by atoms with Gasteiger partial charge in [-0.2, -0.15) is 11.8 Å². The van der Waals surface area contributed by atoms with Crippen LogP contribution < -0.4 is 15.7 Å². The Morgan fingerprint density at radius 2 is 2.11 bits per heavy atom. The van der Waals surface area contributed by atoms with Crippen LogP contribution in [0.3, 0.4) is 0 Å². The molecule has 0 spiro atoms. The second kappa shape index (κ2) is 8.57. The van der Waals surface area contributed by atoms with Crippen molar-refractivity contribution in [2.24, 2.45) is 0 Å². The van der Waals surface area contributed by atoms with E-state index in [1.54, 1.807) is 23.9 Å². The Morgan fingerprint density at radius 1 is 1.29 bits per heavy atom. The van der Waals surface area contributed by atoms with Gasteiger partial charge in [-0.1, -0.05) is 23.7 Å². The zero-order valence-corrected chi connectivity index (χ0v) is 17.2. The third kappa shape index (κ3) is 4.35. The first kappa shape index (κ1) is 19.3. The third-order valence-corrected chi connectivity index (χ3v) is 6.56. The molecular weight excluding hydrogens is 418 g/mol. The lowest BCUT2D eigenvalue weighted by atomic mass is 10.1. The maximum Gasteiger partial charge on any atom is 0.261 e. The van der Waals surface area contributed by atoms with Crippen LogP contribution in [0.1, 0.15) is 15.2 Å². The summed E-state index contributed by atoms with van der Waals surface area (Å²) in [5.41, 5.74) is 5.61. The Labute approximate surface area is 175 Å². The van der Waals surface area contributed by atoms with Crippen molar-refractivity contribution in [1.29, 1.82) is 0 Å². The monoisotopic (exact) mass is 435 g/mol. The minimum Gasteiger partial charge on any atom is -0.348 e. The normalized spacial score (nSPS) is 19.3. The standard InChI is InChI=1S/C19H18ClN3O3S2/c20-17-6-5-16(28-17)19(25)21-10-14-9-15(22-26-14)12-1-3-13(4-2-12)23-7-8-27-11-18(23)24/h1-6,9,14,22H,7-8,10-11H2,(H,21,25). The summed E-state index contributed by atoms with van der Waals surface area (Å²) in [6.07, 6.45) is 1.66. The van der Waals surface area contributed by atoms with E-state index in [-0.39, 0.29) is 17.9 Å². The second-order valence-electron chi connectivity index (χ2n) is 6.30. The van der Waals surface area contributed by atoms with E-state index in [2.05, 4.69) is 10.8 Å². The van der Waals surface area contributed by atoms with Crippen LogP contribution in [-0.4, -0.2) is 42.5 Å². The SMILES string of the molecule is O=C(NCC1C=C(c2ccc(N3CCSCC3=O)cc2)NO1)c1ccc(Cl)s1. The molecule has 1 aromatic heterocycles. The molecule has 1 atom stereocenters. The summed E-state index contributed by atoms with van der Waals surface area (Å²) >= 11 is 8.77. The number of hydroxylamine groups is 1. The molecule has 2 aromatic rings. The maximum absolute atomic E-state index is 12.1. The van der Waals surface area contributed by atoms with Crippen molar-refractivity contribution in [2.45, 2.75) is 6.10 Å². The van der Waals surface area contributed by atoms with Gasteiger partial charge in [-0.3, -0.25) is 19.9 Å². The van der Waals surface area contributed by atoms with Gasteiger partial charge in [0.1, 0.15) is 6.10 Å². The molecule has 9 heteroatoms. The molecule has 1 fully saturated rings. The molecule has 2 aliphatic rings. The first-order valence-electron chi connectivity index (χ1n) is 8.76. The smallest absolute Gasteiger partial charge is 0.261 e. The van der Waals surface area contributed by atoms with Gasteiger partial charge < -0.3 is 10.2 Å². The summed E-state index contributed by atoms with van der Waals surface area (Å²) in [5, 5.41) is 2.84. The molecule has 3 heterocycles. The number of amides is 2. The van der Waals surface area contributed by atoms with Crippen LogP contribution in [0, 0.1) is 0 Å². The summed E-state index contributed by atoms with van der Waals surface area (Å²) in [7, 11) is 0. The van der Waals surface area contributed by atoms with Crippen LogP contribution in [0.25, 0.3) is 5.70 Å². The highest BCUT2D eigenvalue weighted by molar-refractivity contribution is 8.00. The minimum atomic E-state index is -0.269. The van der Waals surface area contributed by atoms with Gasteiger partial charge in [-0.15, -0.1) is 11.3 Å². The molecule has 4 rings (SSSR count). The Kier molecular flexibility index (Phi) is 5.91. The lowest BCUT2D eigenvalue weighted by Crippen LogP contribution is -2.38. The number of nitrogens with one attached hydrogen (secondary N) is 2. The molecule has 0 radical (unpaired) electrons. The summed E-state index contributed by atoms with van der Waals surface area (Å²) in [4.78, 5) is 32.0. The number of thioether (sulfide) groups is 1. The number of nitrogens with zero attached hydrogens (tertiary/aromatic N) is 1. The van der Waals surface area contributed by atoms with E-state index >= 15 is 0 Å². The highest BCUT2D eigenvalue weighted by Crippen LogP contribution is 2.25. The lowest BCUT2D eigenvalue weighted by Gasteiger charge is -2.26. The van der Waals surface area contributed by atoms with Crippen LogP contribution in [-0.2, 0) is 9.63 Å². The molecular formula is C19H18ClN3O3S2. The van der Waals surface area contributed by atoms with Crippen molar-refractivity contribution in [1.82, 2.24) is 10.8 Å². The molecule has 2 aliphatic heterocycles. The third-order valence-electron chi connectivity index (χ3n) is 4.41. The Bertz CT molecular complexity index is 913. The molecule has 1 unspecified atom stereocenters. The highest BCUT2D eigenvalue weighted by Gasteiger charge is 2.22. The van der Waals surface area contributed by atoms with Crippen molar-refractivity contribution < 1.29 is 14.4 Å². The molecule has 0 saturated carbocycles. The fourth-order valence-corrected chi connectivity index (χ4v) is 4.72. The van der Waals surface area contributed by atoms with Crippen LogP contribution in [0.5, 0.6) is 0 Å². The van der Waals surface area contributed by atoms with Gasteiger partial charge in [-0.25, -0.2) is 0 Å². The predicted molar refractivity (Wildman–Crippen MR) is 114 cm³/mol. The van der Waals surface area contributed by atoms with Crippen LogP contribution in [0.2, 0.25) is 4.34 Å². The summed E-state index contributed by atoms with van der Waals surface area (Å²) < 4.78 is 0.583. The van der Waals surface area contributed by atoms with Crippen molar-refractivity contribution in [3.8, 4) is 0 Å². The largest absolute Gasteiger partial charge is 0.348 e. The molecule has 6 nitrogen and oxygen atoms in total. The Hall–Kier alpha value is -2.00. The van der Waals surface area contributed by atoms with Crippen LogP contribution in [0.4, 0.5) is 5.69 Å². The number of anilines is 1. The zero-order chi connectivity index (χ0) is 19.5. The molecule has 28 heavy (non-hydrogen) atoms. The topological polar surface area (TPSA) is 70.7 Å². The number of hydrogen-bond donors (Lipinski definition) is 2. The van der Waals surface area contributed by atoms with Gasteiger partial charge >= 0.3 is 0 Å². The van der Waals surface area contributed by atoms with E-state index < -0.39 is 0 Å². The van der Waals surface area contributed by atoms with Crippen LogP contribution >= 0.6 is 34.7 Å². The van der Waals surface area contributed by atoms with Gasteiger partial charge in [0.2, 0.25) is 5.91 Å². The van der Waals surface area contributed by atoms with E-state index in [1.807, 2.05) is 35.2 Å². The van der Waals surface area contributed by atoms with Crippen LogP contribution in [0.15, 0.2) is 42.5 Å². The van der Waals surface area contributed by atoms with Gasteiger partial charge in [0.15, 0.2) is 0 Å². The van der Waals surface area contributed by atoms with Crippen molar-refractivity contribution in [2.75, 3.05) is 29.5 Å². The molecule has 0 bridgehead atoms. The summed E-state index contributed by atoms with van der Waals surface area (Å²) in [6, 6.07) is 11.2. The lowest BCUT2D eigenvalue weighted by molar-refractivity contribution is -0.116. The zero-order valence-electron chi connectivity index (χ0n) is 14.8. The number of rotatable bonds is 5. The summed E-state index contributed by atoms with van der Waals surface area (Å²) in [6.45, 7) is 1.09. The second-order valence-corrected chi connectivity index (χ2v) is 9.12.